The van der Waals surface area contributed by atoms with Gasteiger partial charge in [0.25, 0.3) is 5.91 Å². The van der Waals surface area contributed by atoms with Crippen molar-refractivity contribution in [3.63, 3.8) is 0 Å². The molecule has 0 aliphatic rings. The van der Waals surface area contributed by atoms with Gasteiger partial charge in [0.2, 0.25) is 5.82 Å². The third-order valence-electron chi connectivity index (χ3n) is 4.53. The molecule has 12 heteroatoms. The zero-order valence-electron chi connectivity index (χ0n) is 17.8. The lowest BCUT2D eigenvalue weighted by atomic mass is 10.1. The fourth-order valence-corrected chi connectivity index (χ4v) is 2.79. The number of hydrogen-bond acceptors (Lipinski definition) is 5. The maximum atomic E-state index is 13.7. The first kappa shape index (κ1) is 25.4. The minimum Gasteiger partial charge on any atom is -0.493 e. The van der Waals surface area contributed by atoms with E-state index in [9.17, 15) is 35.9 Å². The number of carbonyl (C=O) groups is 2. The highest BCUT2D eigenvalue weighted by Crippen LogP contribution is 2.29. The minimum atomic E-state index is -2.33. The van der Waals surface area contributed by atoms with E-state index in [1.807, 2.05) is 0 Å². The number of ether oxygens (including phenoxy) is 3. The number of esters is 1. The Balaban J connectivity index is 1.65. The molecule has 0 atom stereocenters. The zero-order chi connectivity index (χ0) is 25.7. The monoisotopic (exact) mass is 499 g/mol. The Bertz CT molecular complexity index is 1240. The van der Waals surface area contributed by atoms with Crippen LogP contribution in [-0.4, -0.2) is 25.6 Å². The summed E-state index contributed by atoms with van der Waals surface area (Å²) in [6.45, 7) is -1.70. The number of rotatable bonds is 8. The third kappa shape index (κ3) is 5.83. The van der Waals surface area contributed by atoms with Crippen LogP contribution in [0.5, 0.6) is 11.5 Å². The van der Waals surface area contributed by atoms with Crippen LogP contribution in [0.15, 0.2) is 42.5 Å². The molecule has 0 spiro atoms. The highest BCUT2D eigenvalue weighted by molar-refractivity contribution is 5.92. The normalized spacial score (nSPS) is 10.6. The van der Waals surface area contributed by atoms with E-state index < -0.39 is 65.6 Å². The van der Waals surface area contributed by atoms with Crippen molar-refractivity contribution in [2.45, 2.75) is 6.61 Å². The topological polar surface area (TPSA) is 73.9 Å². The van der Waals surface area contributed by atoms with Crippen LogP contribution >= 0.6 is 0 Å². The first-order valence-electron chi connectivity index (χ1n) is 9.66. The second-order valence-electron chi connectivity index (χ2n) is 6.83. The number of hydrogen-bond donors (Lipinski definition) is 1. The first-order valence-corrected chi connectivity index (χ1v) is 9.66. The molecular weight excluding hydrogens is 484 g/mol. The molecule has 3 rings (SSSR count). The molecule has 0 saturated heterocycles. The second-order valence-corrected chi connectivity index (χ2v) is 6.83. The van der Waals surface area contributed by atoms with Gasteiger partial charge >= 0.3 is 5.97 Å². The third-order valence-corrected chi connectivity index (χ3v) is 4.53. The van der Waals surface area contributed by atoms with Crippen LogP contribution in [0.4, 0.5) is 32.0 Å². The Morgan fingerprint density at radius 1 is 0.800 bits per heavy atom. The molecule has 1 N–H and O–H groups in total. The SMILES string of the molecule is COc1cc(C(=O)OCc2c(F)c(F)c(F)c(F)c2F)ccc1OCC(=O)Nc1ccc(F)cc1. The first-order chi connectivity index (χ1) is 16.6. The van der Waals surface area contributed by atoms with Gasteiger partial charge in [0.15, 0.2) is 41.4 Å². The minimum absolute atomic E-state index is 0.0229. The van der Waals surface area contributed by atoms with Gasteiger partial charge in [-0.2, -0.15) is 0 Å². The van der Waals surface area contributed by atoms with E-state index in [0.29, 0.717) is 5.69 Å². The summed E-state index contributed by atoms with van der Waals surface area (Å²) in [5.41, 5.74) is -1.18. The fraction of sp³-hybridized carbons (Fsp3) is 0.130. The van der Waals surface area contributed by atoms with E-state index >= 15 is 0 Å². The van der Waals surface area contributed by atoms with Crippen molar-refractivity contribution >= 4 is 17.6 Å². The molecule has 6 nitrogen and oxygen atoms in total. The predicted octanol–water partition coefficient (Wildman–Crippen LogP) is 4.90. The van der Waals surface area contributed by atoms with Gasteiger partial charge in [0, 0.05) is 5.69 Å². The van der Waals surface area contributed by atoms with Gasteiger partial charge in [-0.15, -0.1) is 0 Å². The lowest BCUT2D eigenvalue weighted by Crippen LogP contribution is -2.20. The highest BCUT2D eigenvalue weighted by atomic mass is 19.2. The molecule has 0 radical (unpaired) electrons. The molecule has 0 aliphatic carbocycles. The predicted molar refractivity (Wildman–Crippen MR) is 109 cm³/mol. The zero-order valence-corrected chi connectivity index (χ0v) is 17.8. The molecule has 0 heterocycles. The van der Waals surface area contributed by atoms with Crippen LogP contribution in [0.1, 0.15) is 15.9 Å². The molecule has 35 heavy (non-hydrogen) atoms. The molecule has 1 amide bonds. The van der Waals surface area contributed by atoms with Gasteiger partial charge in [-0.05, 0) is 42.5 Å². The number of amides is 1. The number of halogens is 6. The van der Waals surface area contributed by atoms with Gasteiger partial charge in [-0.25, -0.2) is 31.1 Å². The quantitative estimate of drug-likeness (QED) is 0.207. The highest BCUT2D eigenvalue weighted by Gasteiger charge is 2.26. The van der Waals surface area contributed by atoms with Crippen molar-refractivity contribution in [1.82, 2.24) is 0 Å². The number of nitrogens with one attached hydrogen (secondary N) is 1. The molecule has 184 valence electrons. The smallest absolute Gasteiger partial charge is 0.338 e. The molecule has 0 unspecified atom stereocenters. The van der Waals surface area contributed by atoms with E-state index in [1.165, 1.54) is 25.3 Å². The number of anilines is 1. The fourth-order valence-electron chi connectivity index (χ4n) is 2.79. The van der Waals surface area contributed by atoms with Crippen molar-refractivity contribution in [2.24, 2.45) is 0 Å². The summed E-state index contributed by atoms with van der Waals surface area (Å²) in [5.74, 6) is -13.1. The second kappa shape index (κ2) is 10.8. The Kier molecular flexibility index (Phi) is 7.84. The van der Waals surface area contributed by atoms with E-state index in [-0.39, 0.29) is 17.1 Å². The van der Waals surface area contributed by atoms with Crippen molar-refractivity contribution in [3.05, 3.63) is 88.5 Å². The standard InChI is InChI=1S/C23H15F6NO5/c1-33-16-8-11(23(32)35-9-14-18(25)20(27)22(29)21(28)19(14)26)2-7-15(16)34-10-17(31)30-13-5-3-12(24)4-6-13/h2-8H,9-10H2,1H3,(H,30,31). The maximum absolute atomic E-state index is 13.7. The molecule has 0 bridgehead atoms. The lowest BCUT2D eigenvalue weighted by Gasteiger charge is -2.13. The molecule has 3 aromatic carbocycles. The Morgan fingerprint density at radius 2 is 1.40 bits per heavy atom. The molecule has 0 aromatic heterocycles. The Morgan fingerprint density at radius 3 is 2.00 bits per heavy atom. The summed E-state index contributed by atoms with van der Waals surface area (Å²) in [5, 5.41) is 2.48. The van der Waals surface area contributed by atoms with Gasteiger partial charge < -0.3 is 19.5 Å². The average molecular weight is 499 g/mol. The summed E-state index contributed by atoms with van der Waals surface area (Å²) < 4.78 is 95.2. The van der Waals surface area contributed by atoms with Gasteiger partial charge in [0.1, 0.15) is 12.4 Å². The van der Waals surface area contributed by atoms with Crippen LogP contribution in [0.25, 0.3) is 0 Å². The van der Waals surface area contributed by atoms with E-state index in [4.69, 9.17) is 9.47 Å². The number of carbonyl (C=O) groups excluding carboxylic acids is 2. The number of methoxy groups -OCH3 is 1. The molecule has 0 aliphatic heterocycles. The average Bonchev–Trinajstić information content (AvgIpc) is 2.86. The van der Waals surface area contributed by atoms with Gasteiger partial charge in [-0.3, -0.25) is 4.79 Å². The Hall–Kier alpha value is -4.22. The van der Waals surface area contributed by atoms with Crippen LogP contribution in [-0.2, 0) is 16.1 Å². The molecule has 0 fully saturated rings. The summed E-state index contributed by atoms with van der Waals surface area (Å²) in [6.07, 6.45) is 0. The van der Waals surface area contributed by atoms with Crippen LogP contribution in [0.3, 0.4) is 0 Å². The van der Waals surface area contributed by atoms with Crippen molar-refractivity contribution < 1.29 is 50.1 Å². The van der Waals surface area contributed by atoms with Crippen molar-refractivity contribution in [1.29, 1.82) is 0 Å². The lowest BCUT2D eigenvalue weighted by molar-refractivity contribution is -0.118. The molecular formula is C23H15F6NO5. The van der Waals surface area contributed by atoms with E-state index in [0.717, 1.165) is 24.3 Å². The van der Waals surface area contributed by atoms with Gasteiger partial charge in [-0.1, -0.05) is 0 Å². The van der Waals surface area contributed by atoms with Crippen LogP contribution < -0.4 is 14.8 Å². The molecule has 0 saturated carbocycles. The van der Waals surface area contributed by atoms with Crippen molar-refractivity contribution in [3.8, 4) is 11.5 Å². The maximum Gasteiger partial charge on any atom is 0.338 e. The summed E-state index contributed by atoms with van der Waals surface area (Å²) >= 11 is 0. The Labute approximate surface area is 194 Å². The van der Waals surface area contributed by atoms with Crippen molar-refractivity contribution in [2.75, 3.05) is 19.0 Å². The van der Waals surface area contributed by atoms with Crippen LogP contribution in [0, 0.1) is 34.9 Å². The summed E-state index contributed by atoms with van der Waals surface area (Å²) in [4.78, 5) is 24.2. The van der Waals surface area contributed by atoms with E-state index in [2.05, 4.69) is 10.1 Å². The number of benzene rings is 3. The van der Waals surface area contributed by atoms with E-state index in [1.54, 1.807) is 0 Å². The summed E-state index contributed by atoms with van der Waals surface area (Å²) in [6, 6.07) is 8.53. The summed E-state index contributed by atoms with van der Waals surface area (Å²) in [7, 11) is 1.23. The largest absolute Gasteiger partial charge is 0.493 e. The van der Waals surface area contributed by atoms with Gasteiger partial charge in [0.05, 0.1) is 18.2 Å². The van der Waals surface area contributed by atoms with Crippen LogP contribution in [0.2, 0.25) is 0 Å². The molecule has 3 aromatic rings.